The number of anilines is 1. The van der Waals surface area contributed by atoms with Gasteiger partial charge in [0, 0.05) is 12.3 Å². The molecule has 0 bridgehead atoms. The molecular formula is C11H14ClNO3S. The van der Waals surface area contributed by atoms with Gasteiger partial charge in [-0.05, 0) is 31.0 Å². The average Bonchev–Trinajstić information content (AvgIpc) is 2.29. The highest BCUT2D eigenvalue weighted by Crippen LogP contribution is 2.29. The topological polar surface area (TPSA) is 69.4 Å². The van der Waals surface area contributed by atoms with Crippen LogP contribution in [0.4, 0.5) is 5.69 Å². The Morgan fingerprint density at radius 3 is 2.76 bits per heavy atom. The molecule has 4 nitrogen and oxygen atoms in total. The molecule has 1 heterocycles. The number of sulfone groups is 1. The van der Waals surface area contributed by atoms with Crippen LogP contribution < -0.4 is 5.73 Å². The molecule has 1 aromatic rings. The molecule has 94 valence electrons. The van der Waals surface area contributed by atoms with Gasteiger partial charge in [-0.3, -0.25) is 0 Å². The van der Waals surface area contributed by atoms with Crippen LogP contribution in [0.3, 0.4) is 0 Å². The maximum Gasteiger partial charge on any atom is 0.184 e. The molecule has 1 aromatic carbocycles. The molecule has 0 spiro atoms. The van der Waals surface area contributed by atoms with Gasteiger partial charge in [-0.25, -0.2) is 8.42 Å². The molecule has 0 radical (unpaired) electrons. The van der Waals surface area contributed by atoms with Crippen LogP contribution in [0, 0.1) is 0 Å². The maximum absolute atomic E-state index is 12.3. The monoisotopic (exact) mass is 275 g/mol. The Balaban J connectivity index is 2.37. The number of hydrogen-bond donors (Lipinski definition) is 1. The van der Waals surface area contributed by atoms with E-state index in [1.165, 1.54) is 12.1 Å². The van der Waals surface area contributed by atoms with E-state index in [9.17, 15) is 8.42 Å². The number of nitrogens with two attached hydrogens (primary N) is 1. The number of ether oxygens (including phenoxy) is 1. The third-order valence-corrected chi connectivity index (χ3v) is 5.46. The van der Waals surface area contributed by atoms with Crippen molar-refractivity contribution in [1.29, 1.82) is 0 Å². The van der Waals surface area contributed by atoms with Crippen molar-refractivity contribution < 1.29 is 13.2 Å². The number of benzene rings is 1. The van der Waals surface area contributed by atoms with Crippen LogP contribution in [-0.4, -0.2) is 26.9 Å². The van der Waals surface area contributed by atoms with Gasteiger partial charge in [-0.2, -0.15) is 0 Å². The van der Waals surface area contributed by atoms with E-state index >= 15 is 0 Å². The van der Waals surface area contributed by atoms with Gasteiger partial charge in [0.2, 0.25) is 0 Å². The second kappa shape index (κ2) is 4.84. The molecule has 1 aliphatic rings. The lowest BCUT2D eigenvalue weighted by Gasteiger charge is -2.22. The molecule has 1 unspecified atom stereocenters. The molecule has 1 saturated heterocycles. The zero-order valence-corrected chi connectivity index (χ0v) is 10.8. The number of nitrogen functional groups attached to an aromatic ring is 1. The van der Waals surface area contributed by atoms with Crippen molar-refractivity contribution >= 4 is 27.1 Å². The van der Waals surface area contributed by atoms with Crippen molar-refractivity contribution in [3.05, 3.63) is 23.2 Å². The van der Waals surface area contributed by atoms with Crippen LogP contribution in [0.2, 0.25) is 5.02 Å². The first-order valence-electron chi connectivity index (χ1n) is 5.38. The number of hydrogen-bond acceptors (Lipinski definition) is 4. The van der Waals surface area contributed by atoms with E-state index in [0.29, 0.717) is 18.7 Å². The summed E-state index contributed by atoms with van der Waals surface area (Å²) >= 11 is 5.93. The smallest absolute Gasteiger partial charge is 0.184 e. The van der Waals surface area contributed by atoms with Crippen LogP contribution in [-0.2, 0) is 14.6 Å². The van der Waals surface area contributed by atoms with Gasteiger partial charge < -0.3 is 10.5 Å². The minimum Gasteiger partial charge on any atom is -0.399 e. The van der Waals surface area contributed by atoms with Crippen molar-refractivity contribution in [2.45, 2.75) is 23.0 Å². The summed E-state index contributed by atoms with van der Waals surface area (Å²) in [5, 5.41) is -0.326. The highest BCUT2D eigenvalue weighted by atomic mass is 35.5. The molecule has 1 aliphatic heterocycles. The number of rotatable bonds is 2. The Labute approximate surface area is 106 Å². The molecule has 2 N–H and O–H groups in total. The van der Waals surface area contributed by atoms with Crippen LogP contribution >= 0.6 is 11.6 Å². The predicted molar refractivity (Wildman–Crippen MR) is 66.9 cm³/mol. The van der Waals surface area contributed by atoms with E-state index in [4.69, 9.17) is 22.1 Å². The lowest BCUT2D eigenvalue weighted by molar-refractivity contribution is 0.0991. The Morgan fingerprint density at radius 1 is 1.41 bits per heavy atom. The largest absolute Gasteiger partial charge is 0.399 e. The summed E-state index contributed by atoms with van der Waals surface area (Å²) in [6.07, 6.45) is 1.37. The quantitative estimate of drug-likeness (QED) is 0.837. The first kappa shape index (κ1) is 12.7. The molecule has 0 aliphatic carbocycles. The van der Waals surface area contributed by atoms with Gasteiger partial charge in [0.05, 0.1) is 21.8 Å². The van der Waals surface area contributed by atoms with E-state index in [1.807, 2.05) is 0 Å². The van der Waals surface area contributed by atoms with Crippen molar-refractivity contribution in [1.82, 2.24) is 0 Å². The molecule has 1 atom stereocenters. The van der Waals surface area contributed by atoms with Crippen molar-refractivity contribution in [3.8, 4) is 0 Å². The Hall–Kier alpha value is -0.780. The normalized spacial score (nSPS) is 21.4. The van der Waals surface area contributed by atoms with Crippen LogP contribution in [0.5, 0.6) is 0 Å². The second-order valence-electron chi connectivity index (χ2n) is 4.07. The Bertz CT molecular complexity index is 509. The first-order chi connectivity index (χ1) is 8.01. The molecule has 0 saturated carbocycles. The third-order valence-electron chi connectivity index (χ3n) is 2.82. The van der Waals surface area contributed by atoms with Crippen molar-refractivity contribution in [2.24, 2.45) is 0 Å². The summed E-state index contributed by atoms with van der Waals surface area (Å²) in [6.45, 7) is 0.866. The average molecular weight is 276 g/mol. The maximum atomic E-state index is 12.3. The lowest BCUT2D eigenvalue weighted by atomic mass is 10.2. The van der Waals surface area contributed by atoms with E-state index < -0.39 is 15.1 Å². The van der Waals surface area contributed by atoms with Crippen LogP contribution in [0.25, 0.3) is 0 Å². The molecule has 6 heteroatoms. The predicted octanol–water partition coefficient (Wildman–Crippen LogP) is 1.87. The third kappa shape index (κ3) is 2.56. The Kier molecular flexibility index (Phi) is 3.61. The SMILES string of the molecule is Nc1ccc(S(=O)(=O)C2CCCOC2)c(Cl)c1. The molecule has 17 heavy (non-hydrogen) atoms. The summed E-state index contributed by atoms with van der Waals surface area (Å²) in [5.74, 6) is 0. The zero-order valence-electron chi connectivity index (χ0n) is 9.23. The molecule has 0 amide bonds. The van der Waals surface area contributed by atoms with Gasteiger partial charge in [0.25, 0.3) is 0 Å². The summed E-state index contributed by atoms with van der Waals surface area (Å²) in [5.41, 5.74) is 6.00. The fraction of sp³-hybridized carbons (Fsp3) is 0.455. The highest BCUT2D eigenvalue weighted by Gasteiger charge is 2.31. The summed E-state index contributed by atoms with van der Waals surface area (Å²) < 4.78 is 29.8. The van der Waals surface area contributed by atoms with Gasteiger partial charge in [-0.1, -0.05) is 11.6 Å². The van der Waals surface area contributed by atoms with Crippen molar-refractivity contribution in [2.75, 3.05) is 18.9 Å². The lowest BCUT2D eigenvalue weighted by Crippen LogP contribution is -2.31. The fourth-order valence-electron chi connectivity index (χ4n) is 1.88. The molecule has 0 aromatic heterocycles. The van der Waals surface area contributed by atoms with E-state index in [1.54, 1.807) is 6.07 Å². The second-order valence-corrected chi connectivity index (χ2v) is 6.68. The minimum atomic E-state index is -3.42. The van der Waals surface area contributed by atoms with Crippen molar-refractivity contribution in [3.63, 3.8) is 0 Å². The highest BCUT2D eigenvalue weighted by molar-refractivity contribution is 7.92. The summed E-state index contributed by atoms with van der Waals surface area (Å²) in [4.78, 5) is 0.142. The van der Waals surface area contributed by atoms with Crippen LogP contribution in [0.15, 0.2) is 23.1 Å². The summed E-state index contributed by atoms with van der Waals surface area (Å²) in [6, 6.07) is 4.46. The minimum absolute atomic E-state index is 0.142. The van der Waals surface area contributed by atoms with Crippen LogP contribution in [0.1, 0.15) is 12.8 Å². The standard InChI is InChI=1S/C11H14ClNO3S/c12-10-6-8(13)3-4-11(10)17(14,15)9-2-1-5-16-7-9/h3-4,6,9H,1-2,5,7,13H2. The van der Waals surface area contributed by atoms with Gasteiger partial charge in [-0.15, -0.1) is 0 Å². The molecule has 1 fully saturated rings. The number of halogens is 1. The van der Waals surface area contributed by atoms with E-state index in [-0.39, 0.29) is 16.5 Å². The van der Waals surface area contributed by atoms with E-state index in [0.717, 1.165) is 6.42 Å². The van der Waals surface area contributed by atoms with Gasteiger partial charge in [0.1, 0.15) is 0 Å². The van der Waals surface area contributed by atoms with Gasteiger partial charge in [0.15, 0.2) is 9.84 Å². The van der Waals surface area contributed by atoms with E-state index in [2.05, 4.69) is 0 Å². The van der Waals surface area contributed by atoms with Gasteiger partial charge >= 0.3 is 0 Å². The molecule has 2 rings (SSSR count). The first-order valence-corrected chi connectivity index (χ1v) is 7.31. The molecular weight excluding hydrogens is 262 g/mol. The summed E-state index contributed by atoms with van der Waals surface area (Å²) in [7, 11) is -3.42. The fourth-order valence-corrected chi connectivity index (χ4v) is 4.09. The zero-order chi connectivity index (χ0) is 12.5. The Morgan fingerprint density at radius 2 is 2.18 bits per heavy atom.